The standard InChI is InChI=1S/C25H23F3N4O3/c1-14-29-13-20(34-14)15-5-7-16(8-6-15)22-30-31-23-25(24(2,3)33,9-4-10-32(22)23)35-17-11-18(26)21(28)19(27)12-17/h5-8,11-13,33H,4,9-10H2,1-3H3. The molecule has 35 heavy (non-hydrogen) atoms. The molecule has 1 unspecified atom stereocenters. The van der Waals surface area contributed by atoms with Gasteiger partial charge in [-0.15, -0.1) is 10.2 Å². The van der Waals surface area contributed by atoms with Crippen LogP contribution in [0.4, 0.5) is 13.2 Å². The van der Waals surface area contributed by atoms with E-state index < -0.39 is 28.7 Å². The number of ether oxygens (including phenoxy) is 1. The summed E-state index contributed by atoms with van der Waals surface area (Å²) in [4.78, 5) is 4.11. The smallest absolute Gasteiger partial charge is 0.196 e. The highest BCUT2D eigenvalue weighted by Gasteiger charge is 2.53. The van der Waals surface area contributed by atoms with Gasteiger partial charge in [-0.1, -0.05) is 24.3 Å². The molecule has 1 aliphatic heterocycles. The molecule has 0 aliphatic carbocycles. The quantitative estimate of drug-likeness (QED) is 0.394. The Morgan fingerprint density at radius 2 is 1.71 bits per heavy atom. The van der Waals surface area contributed by atoms with E-state index in [2.05, 4.69) is 15.2 Å². The molecule has 4 aromatic rings. The monoisotopic (exact) mass is 484 g/mol. The van der Waals surface area contributed by atoms with Crippen LogP contribution in [0.1, 0.15) is 38.4 Å². The van der Waals surface area contributed by atoms with Gasteiger partial charge in [0.1, 0.15) is 11.4 Å². The SMILES string of the molecule is Cc1ncc(-c2ccc(-c3nnc4n3CCCC4(Oc3cc(F)c(F)c(F)c3)C(C)(C)O)cc2)o1. The van der Waals surface area contributed by atoms with Crippen LogP contribution in [0, 0.1) is 24.4 Å². The van der Waals surface area contributed by atoms with Crippen LogP contribution >= 0.6 is 0 Å². The number of aliphatic hydroxyl groups is 1. The number of hydrogen-bond donors (Lipinski definition) is 1. The fraction of sp³-hybridized carbons (Fsp3) is 0.320. The predicted octanol–water partition coefficient (Wildman–Crippen LogP) is 5.16. The number of aromatic nitrogens is 4. The lowest BCUT2D eigenvalue weighted by Crippen LogP contribution is -2.55. The van der Waals surface area contributed by atoms with Gasteiger partial charge in [-0.05, 0) is 26.7 Å². The molecule has 2 aromatic heterocycles. The summed E-state index contributed by atoms with van der Waals surface area (Å²) in [5.74, 6) is -2.54. The van der Waals surface area contributed by atoms with Crippen LogP contribution in [0.2, 0.25) is 0 Å². The van der Waals surface area contributed by atoms with E-state index in [9.17, 15) is 18.3 Å². The average Bonchev–Trinajstić information content (AvgIpc) is 3.44. The molecule has 0 fully saturated rings. The third kappa shape index (κ3) is 3.87. The first-order valence-electron chi connectivity index (χ1n) is 11.1. The lowest BCUT2D eigenvalue weighted by atomic mass is 9.79. The van der Waals surface area contributed by atoms with E-state index in [0.29, 0.717) is 42.7 Å². The van der Waals surface area contributed by atoms with Crippen molar-refractivity contribution in [3.63, 3.8) is 0 Å². The number of halogens is 3. The summed E-state index contributed by atoms with van der Waals surface area (Å²) in [5, 5.41) is 19.8. The first-order chi connectivity index (χ1) is 16.6. The second-order valence-corrected chi connectivity index (χ2v) is 9.11. The molecule has 0 spiro atoms. The molecule has 2 aromatic carbocycles. The highest BCUT2D eigenvalue weighted by molar-refractivity contribution is 5.64. The molecule has 1 atom stereocenters. The summed E-state index contributed by atoms with van der Waals surface area (Å²) in [6, 6.07) is 9.01. The van der Waals surface area contributed by atoms with Crippen molar-refractivity contribution >= 4 is 0 Å². The first kappa shape index (κ1) is 23.1. The largest absolute Gasteiger partial charge is 0.476 e. The minimum Gasteiger partial charge on any atom is -0.476 e. The summed E-state index contributed by atoms with van der Waals surface area (Å²) in [6.07, 6.45) is 2.53. The second kappa shape index (κ2) is 8.23. The van der Waals surface area contributed by atoms with Crippen molar-refractivity contribution in [2.45, 2.75) is 51.4 Å². The van der Waals surface area contributed by atoms with Crippen LogP contribution in [-0.2, 0) is 12.1 Å². The van der Waals surface area contributed by atoms with E-state index in [-0.39, 0.29) is 5.75 Å². The van der Waals surface area contributed by atoms with Gasteiger partial charge < -0.3 is 18.8 Å². The van der Waals surface area contributed by atoms with Crippen LogP contribution in [0.5, 0.6) is 5.75 Å². The molecule has 182 valence electrons. The third-order valence-electron chi connectivity index (χ3n) is 6.31. The van der Waals surface area contributed by atoms with Gasteiger partial charge in [-0.3, -0.25) is 0 Å². The second-order valence-electron chi connectivity index (χ2n) is 9.11. The zero-order valence-corrected chi connectivity index (χ0v) is 19.3. The Kier molecular flexibility index (Phi) is 5.43. The minimum absolute atomic E-state index is 0.256. The van der Waals surface area contributed by atoms with Gasteiger partial charge in [0, 0.05) is 36.7 Å². The molecule has 1 aliphatic rings. The van der Waals surface area contributed by atoms with Gasteiger partial charge in [0.25, 0.3) is 0 Å². The van der Waals surface area contributed by atoms with Crippen LogP contribution in [0.3, 0.4) is 0 Å². The van der Waals surface area contributed by atoms with Crippen LogP contribution < -0.4 is 4.74 Å². The normalized spacial score (nSPS) is 17.9. The van der Waals surface area contributed by atoms with Crippen LogP contribution in [0.15, 0.2) is 47.0 Å². The van der Waals surface area contributed by atoms with E-state index in [1.165, 1.54) is 13.8 Å². The maximum atomic E-state index is 13.9. The molecule has 0 radical (unpaired) electrons. The zero-order valence-electron chi connectivity index (χ0n) is 19.3. The number of oxazole rings is 1. The molecule has 0 amide bonds. The summed E-state index contributed by atoms with van der Waals surface area (Å²) in [5.41, 5.74) is -1.38. The van der Waals surface area contributed by atoms with Gasteiger partial charge in [0.15, 0.2) is 46.4 Å². The van der Waals surface area contributed by atoms with Crippen molar-refractivity contribution < 1.29 is 27.4 Å². The highest BCUT2D eigenvalue weighted by atomic mass is 19.2. The van der Waals surface area contributed by atoms with E-state index in [1.54, 1.807) is 13.1 Å². The number of fused-ring (bicyclic) bond motifs is 1. The van der Waals surface area contributed by atoms with Crippen molar-refractivity contribution in [1.29, 1.82) is 0 Å². The molecular weight excluding hydrogens is 461 g/mol. The van der Waals surface area contributed by atoms with Crippen molar-refractivity contribution in [3.05, 3.63) is 71.8 Å². The van der Waals surface area contributed by atoms with Crippen molar-refractivity contribution in [1.82, 2.24) is 19.7 Å². The summed E-state index contributed by atoms with van der Waals surface area (Å²) >= 11 is 0. The average molecular weight is 484 g/mol. The number of aryl methyl sites for hydroxylation is 1. The Hall–Kier alpha value is -3.66. The molecule has 0 saturated carbocycles. The topological polar surface area (TPSA) is 86.2 Å². The van der Waals surface area contributed by atoms with Gasteiger partial charge in [0.2, 0.25) is 0 Å². The van der Waals surface area contributed by atoms with Crippen LogP contribution in [-0.4, -0.2) is 30.5 Å². The molecular formula is C25H23F3N4O3. The molecule has 3 heterocycles. The fourth-order valence-electron chi connectivity index (χ4n) is 4.50. The van der Waals surface area contributed by atoms with Crippen molar-refractivity contribution in [2.24, 2.45) is 0 Å². The molecule has 0 bridgehead atoms. The maximum absolute atomic E-state index is 13.9. The van der Waals surface area contributed by atoms with E-state index in [0.717, 1.165) is 23.3 Å². The Morgan fingerprint density at radius 3 is 2.31 bits per heavy atom. The number of rotatable bonds is 5. The molecule has 1 N–H and O–H groups in total. The van der Waals surface area contributed by atoms with Gasteiger partial charge in [-0.25, -0.2) is 18.2 Å². The van der Waals surface area contributed by atoms with Crippen molar-refractivity contribution in [2.75, 3.05) is 0 Å². The Bertz CT molecular complexity index is 1370. The number of hydrogen-bond acceptors (Lipinski definition) is 6. The summed E-state index contributed by atoms with van der Waals surface area (Å²) in [6.45, 7) is 5.38. The summed E-state index contributed by atoms with van der Waals surface area (Å²) < 4.78 is 54.7. The number of nitrogens with zero attached hydrogens (tertiary/aromatic N) is 4. The third-order valence-corrected chi connectivity index (χ3v) is 6.31. The fourth-order valence-corrected chi connectivity index (χ4v) is 4.50. The van der Waals surface area contributed by atoms with Crippen LogP contribution in [0.25, 0.3) is 22.7 Å². The molecule has 5 rings (SSSR count). The lowest BCUT2D eigenvalue weighted by molar-refractivity contribution is -0.137. The van der Waals surface area contributed by atoms with E-state index >= 15 is 0 Å². The predicted molar refractivity (Wildman–Crippen MR) is 120 cm³/mol. The Labute approximate surface area is 199 Å². The minimum atomic E-state index is -1.59. The highest BCUT2D eigenvalue weighted by Crippen LogP contribution is 2.45. The maximum Gasteiger partial charge on any atom is 0.196 e. The lowest BCUT2D eigenvalue weighted by Gasteiger charge is -2.44. The number of benzene rings is 2. The zero-order chi connectivity index (χ0) is 25.0. The Morgan fingerprint density at radius 1 is 1.06 bits per heavy atom. The van der Waals surface area contributed by atoms with Gasteiger partial charge in [0.05, 0.1) is 6.20 Å². The van der Waals surface area contributed by atoms with Gasteiger partial charge in [-0.2, -0.15) is 0 Å². The van der Waals surface area contributed by atoms with E-state index in [1.807, 2.05) is 28.8 Å². The molecule has 10 heteroatoms. The molecule has 7 nitrogen and oxygen atoms in total. The summed E-state index contributed by atoms with van der Waals surface area (Å²) in [7, 11) is 0. The molecule has 0 saturated heterocycles. The first-order valence-corrected chi connectivity index (χ1v) is 11.1. The van der Waals surface area contributed by atoms with E-state index in [4.69, 9.17) is 9.15 Å². The van der Waals surface area contributed by atoms with Gasteiger partial charge >= 0.3 is 0 Å². The van der Waals surface area contributed by atoms with Crippen molar-refractivity contribution in [3.8, 4) is 28.5 Å². The Balaban J connectivity index is 1.55.